The average Bonchev–Trinajstić information content (AvgIpc) is 2.64. The predicted molar refractivity (Wildman–Crippen MR) is 106 cm³/mol. The van der Waals surface area contributed by atoms with Crippen LogP contribution < -0.4 is 10.6 Å². The molecule has 1 aromatic rings. The molecule has 0 amide bonds. The summed E-state index contributed by atoms with van der Waals surface area (Å²) >= 11 is 3.53. The molecule has 1 saturated heterocycles. The largest absolute Gasteiger partial charge is 0.385 e. The van der Waals surface area contributed by atoms with E-state index in [2.05, 4.69) is 57.8 Å². The number of halogens is 1. The van der Waals surface area contributed by atoms with E-state index in [9.17, 15) is 0 Å². The van der Waals surface area contributed by atoms with Gasteiger partial charge in [-0.25, -0.2) is 0 Å². The maximum absolute atomic E-state index is 5.61. The molecule has 5 nitrogen and oxygen atoms in total. The second-order valence-electron chi connectivity index (χ2n) is 6.37. The Morgan fingerprint density at radius 1 is 1.24 bits per heavy atom. The molecule has 1 aliphatic rings. The molecule has 1 fully saturated rings. The molecule has 140 valence electrons. The van der Waals surface area contributed by atoms with Crippen molar-refractivity contribution in [2.45, 2.75) is 31.6 Å². The minimum Gasteiger partial charge on any atom is -0.385 e. The highest BCUT2D eigenvalue weighted by Gasteiger charge is 2.34. The third-order valence-electron chi connectivity index (χ3n) is 4.61. The Hall–Kier alpha value is -1.11. The number of hydrogen-bond acceptors (Lipinski definition) is 3. The molecular weight excluding hydrogens is 382 g/mol. The lowest BCUT2D eigenvalue weighted by molar-refractivity contribution is 0.0531. The molecule has 0 saturated carbocycles. The fourth-order valence-corrected chi connectivity index (χ4v) is 3.36. The highest BCUT2D eigenvalue weighted by molar-refractivity contribution is 9.10. The van der Waals surface area contributed by atoms with Gasteiger partial charge in [0.1, 0.15) is 0 Å². The average molecular weight is 412 g/mol. The van der Waals surface area contributed by atoms with Crippen molar-refractivity contribution < 1.29 is 9.47 Å². The number of ether oxygens (including phenoxy) is 2. The fourth-order valence-electron chi connectivity index (χ4n) is 3.10. The van der Waals surface area contributed by atoms with E-state index in [-0.39, 0.29) is 5.41 Å². The maximum atomic E-state index is 5.61. The van der Waals surface area contributed by atoms with Crippen LogP contribution in [0.2, 0.25) is 0 Å². The number of guanidine groups is 1. The lowest BCUT2D eigenvalue weighted by atomic mass is 9.74. The van der Waals surface area contributed by atoms with Gasteiger partial charge in [-0.15, -0.1) is 0 Å². The minimum absolute atomic E-state index is 0.0494. The number of hydrogen-bond donors (Lipinski definition) is 2. The van der Waals surface area contributed by atoms with Crippen LogP contribution in [0.3, 0.4) is 0 Å². The lowest BCUT2D eigenvalue weighted by Crippen LogP contribution is -2.41. The first-order chi connectivity index (χ1) is 12.2. The topological polar surface area (TPSA) is 54.9 Å². The number of nitrogens with one attached hydrogen (secondary N) is 2. The SMILES string of the molecule is CCNC(=NCC1(c2ccc(Br)cc2)CCOCC1)NCCCOC. The summed E-state index contributed by atoms with van der Waals surface area (Å²) in [5, 5.41) is 6.73. The number of rotatable bonds is 8. The van der Waals surface area contributed by atoms with Gasteiger partial charge in [0.2, 0.25) is 0 Å². The molecule has 2 N–H and O–H groups in total. The molecule has 0 aliphatic carbocycles. The monoisotopic (exact) mass is 411 g/mol. The van der Waals surface area contributed by atoms with Crippen LogP contribution >= 0.6 is 15.9 Å². The zero-order valence-electron chi connectivity index (χ0n) is 15.3. The summed E-state index contributed by atoms with van der Waals surface area (Å²) in [6.45, 7) is 6.90. The van der Waals surface area contributed by atoms with Crippen LogP contribution in [0.1, 0.15) is 31.7 Å². The van der Waals surface area contributed by atoms with Crippen molar-refractivity contribution in [1.82, 2.24) is 10.6 Å². The van der Waals surface area contributed by atoms with Gasteiger partial charge in [-0.05, 0) is 43.9 Å². The van der Waals surface area contributed by atoms with Gasteiger partial charge in [-0.3, -0.25) is 4.99 Å². The summed E-state index contributed by atoms with van der Waals surface area (Å²) in [5.74, 6) is 0.876. The van der Waals surface area contributed by atoms with Gasteiger partial charge in [0.25, 0.3) is 0 Å². The van der Waals surface area contributed by atoms with Crippen molar-refractivity contribution in [2.24, 2.45) is 4.99 Å². The smallest absolute Gasteiger partial charge is 0.191 e. The highest BCUT2D eigenvalue weighted by atomic mass is 79.9. The van der Waals surface area contributed by atoms with E-state index in [0.29, 0.717) is 0 Å². The zero-order chi connectivity index (χ0) is 18.0. The molecule has 25 heavy (non-hydrogen) atoms. The van der Waals surface area contributed by atoms with Gasteiger partial charge in [0.15, 0.2) is 5.96 Å². The third-order valence-corrected chi connectivity index (χ3v) is 5.14. The Labute approximate surface area is 159 Å². The van der Waals surface area contributed by atoms with Crippen molar-refractivity contribution in [1.29, 1.82) is 0 Å². The number of aliphatic imine (C=N–C) groups is 1. The Morgan fingerprint density at radius 3 is 2.60 bits per heavy atom. The number of benzene rings is 1. The summed E-state index contributed by atoms with van der Waals surface area (Å²) in [6.07, 6.45) is 2.97. The summed E-state index contributed by atoms with van der Waals surface area (Å²) in [6, 6.07) is 8.66. The molecule has 0 bridgehead atoms. The first kappa shape index (κ1) is 20.2. The quantitative estimate of drug-likeness (QED) is 0.392. The van der Waals surface area contributed by atoms with Crippen molar-refractivity contribution in [3.63, 3.8) is 0 Å². The van der Waals surface area contributed by atoms with Gasteiger partial charge in [0.05, 0.1) is 6.54 Å². The van der Waals surface area contributed by atoms with E-state index < -0.39 is 0 Å². The summed E-state index contributed by atoms with van der Waals surface area (Å²) in [4.78, 5) is 4.89. The first-order valence-electron chi connectivity index (χ1n) is 9.05. The normalized spacial score (nSPS) is 17.3. The van der Waals surface area contributed by atoms with Crippen LogP contribution in [-0.4, -0.2) is 52.5 Å². The molecule has 2 rings (SSSR count). The van der Waals surface area contributed by atoms with E-state index in [0.717, 1.165) is 69.1 Å². The highest BCUT2D eigenvalue weighted by Crippen LogP contribution is 2.35. The summed E-state index contributed by atoms with van der Waals surface area (Å²) in [5.41, 5.74) is 1.39. The number of methoxy groups -OCH3 is 1. The van der Waals surface area contributed by atoms with Gasteiger partial charge < -0.3 is 20.1 Å². The van der Waals surface area contributed by atoms with E-state index in [1.165, 1.54) is 5.56 Å². The minimum atomic E-state index is 0.0494. The predicted octanol–water partition coefficient (Wildman–Crippen LogP) is 3.09. The fraction of sp³-hybridized carbons (Fsp3) is 0.632. The molecule has 1 aliphatic heterocycles. The van der Waals surface area contributed by atoms with Crippen LogP contribution in [0.5, 0.6) is 0 Å². The molecule has 0 atom stereocenters. The van der Waals surface area contributed by atoms with Crippen molar-refractivity contribution >= 4 is 21.9 Å². The van der Waals surface area contributed by atoms with Crippen LogP contribution in [0.25, 0.3) is 0 Å². The van der Waals surface area contributed by atoms with Crippen LogP contribution in [0.4, 0.5) is 0 Å². The molecule has 1 aromatic carbocycles. The summed E-state index contributed by atoms with van der Waals surface area (Å²) in [7, 11) is 1.73. The van der Waals surface area contributed by atoms with Gasteiger partial charge in [-0.2, -0.15) is 0 Å². The van der Waals surface area contributed by atoms with Gasteiger partial charge >= 0.3 is 0 Å². The zero-order valence-corrected chi connectivity index (χ0v) is 16.9. The Balaban J connectivity index is 2.09. The molecular formula is C19H30BrN3O2. The van der Waals surface area contributed by atoms with Gasteiger partial charge in [0, 0.05) is 49.9 Å². The lowest BCUT2D eigenvalue weighted by Gasteiger charge is -2.36. The van der Waals surface area contributed by atoms with Gasteiger partial charge in [-0.1, -0.05) is 28.1 Å². The van der Waals surface area contributed by atoms with E-state index in [1.807, 2.05) is 0 Å². The van der Waals surface area contributed by atoms with Crippen molar-refractivity contribution in [3.8, 4) is 0 Å². The third kappa shape index (κ3) is 6.28. The molecule has 0 radical (unpaired) electrons. The Bertz CT molecular complexity index is 528. The van der Waals surface area contributed by atoms with E-state index in [1.54, 1.807) is 7.11 Å². The standard InChI is InChI=1S/C19H30BrN3O2/c1-3-21-18(22-11-4-12-24-2)23-15-19(9-13-25-14-10-19)16-5-7-17(20)8-6-16/h5-8H,3-4,9-15H2,1-2H3,(H2,21,22,23). The molecule has 6 heteroatoms. The van der Waals surface area contributed by atoms with Crippen molar-refractivity contribution in [3.05, 3.63) is 34.3 Å². The summed E-state index contributed by atoms with van der Waals surface area (Å²) < 4.78 is 11.8. The van der Waals surface area contributed by atoms with Crippen LogP contribution in [0.15, 0.2) is 33.7 Å². The molecule has 1 heterocycles. The number of nitrogens with zero attached hydrogens (tertiary/aromatic N) is 1. The Kier molecular flexibility index (Phi) is 8.72. The van der Waals surface area contributed by atoms with Crippen LogP contribution in [-0.2, 0) is 14.9 Å². The molecule has 0 spiro atoms. The van der Waals surface area contributed by atoms with Crippen molar-refractivity contribution in [2.75, 3.05) is 46.6 Å². The van der Waals surface area contributed by atoms with E-state index in [4.69, 9.17) is 14.5 Å². The van der Waals surface area contributed by atoms with Crippen LogP contribution in [0, 0.1) is 0 Å². The van der Waals surface area contributed by atoms with E-state index >= 15 is 0 Å². The first-order valence-corrected chi connectivity index (χ1v) is 9.84. The molecule has 0 unspecified atom stereocenters. The second-order valence-corrected chi connectivity index (χ2v) is 7.28. The molecule has 0 aromatic heterocycles. The second kappa shape index (κ2) is 10.8. The Morgan fingerprint density at radius 2 is 1.96 bits per heavy atom. The maximum Gasteiger partial charge on any atom is 0.191 e.